The number of aryl methyl sites for hydroxylation is 1. The van der Waals surface area contributed by atoms with Crippen LogP contribution in [-0.4, -0.2) is 31.2 Å². The summed E-state index contributed by atoms with van der Waals surface area (Å²) in [6.07, 6.45) is 4.88. The van der Waals surface area contributed by atoms with Gasteiger partial charge < -0.3 is 15.1 Å². The second-order valence-electron chi connectivity index (χ2n) is 8.96. The van der Waals surface area contributed by atoms with Crippen molar-refractivity contribution in [2.45, 2.75) is 52.1 Å². The van der Waals surface area contributed by atoms with E-state index in [-0.39, 0.29) is 11.3 Å². The summed E-state index contributed by atoms with van der Waals surface area (Å²) in [5, 5.41) is 3.36. The number of anilines is 2. The Labute approximate surface area is 180 Å². The van der Waals surface area contributed by atoms with E-state index in [1.165, 1.54) is 22.5 Å². The Bertz CT molecular complexity index is 972. The van der Waals surface area contributed by atoms with Crippen LogP contribution < -0.4 is 15.1 Å². The maximum atomic E-state index is 12.5. The summed E-state index contributed by atoms with van der Waals surface area (Å²) in [5.41, 5.74) is 5.35. The van der Waals surface area contributed by atoms with Crippen LogP contribution in [0.3, 0.4) is 0 Å². The molecule has 1 atom stereocenters. The Hall–Kier alpha value is -2.75. The van der Waals surface area contributed by atoms with Gasteiger partial charge in [-0.1, -0.05) is 49.8 Å². The van der Waals surface area contributed by atoms with Crippen LogP contribution in [0.15, 0.2) is 48.5 Å². The number of amides is 1. The highest BCUT2D eigenvalue weighted by atomic mass is 16.2. The molecule has 4 nitrogen and oxygen atoms in total. The lowest BCUT2D eigenvalue weighted by molar-refractivity contribution is -0.124. The van der Waals surface area contributed by atoms with Crippen LogP contribution in [0.2, 0.25) is 0 Å². The van der Waals surface area contributed by atoms with Crippen molar-refractivity contribution in [1.29, 1.82) is 0 Å². The monoisotopic (exact) mass is 403 g/mol. The van der Waals surface area contributed by atoms with E-state index in [1.807, 2.05) is 0 Å². The average molecular weight is 404 g/mol. The number of carbonyl (C=O) groups excluding carboxylic acids is 1. The molecule has 0 saturated carbocycles. The number of fused-ring (bicyclic) bond motifs is 3. The minimum absolute atomic E-state index is 0.116. The first-order valence-electron chi connectivity index (χ1n) is 11.1. The van der Waals surface area contributed by atoms with Gasteiger partial charge in [-0.15, -0.1) is 0 Å². The highest BCUT2D eigenvalue weighted by Gasteiger charge is 2.57. The molecule has 30 heavy (non-hydrogen) atoms. The minimum Gasteiger partial charge on any atom is -0.372 e. The van der Waals surface area contributed by atoms with Gasteiger partial charge in [0.25, 0.3) is 0 Å². The largest absolute Gasteiger partial charge is 0.372 e. The number of hydrogen-bond acceptors (Lipinski definition) is 3. The van der Waals surface area contributed by atoms with Gasteiger partial charge in [0.2, 0.25) is 5.91 Å². The quantitative estimate of drug-likeness (QED) is 0.774. The fourth-order valence-electron chi connectivity index (χ4n) is 5.07. The summed E-state index contributed by atoms with van der Waals surface area (Å²) in [6, 6.07) is 15.3. The van der Waals surface area contributed by atoms with Gasteiger partial charge in [-0.2, -0.15) is 0 Å². The van der Waals surface area contributed by atoms with Crippen LogP contribution in [0.25, 0.3) is 6.08 Å². The van der Waals surface area contributed by atoms with Gasteiger partial charge in [-0.3, -0.25) is 4.79 Å². The molecule has 0 bridgehead atoms. The van der Waals surface area contributed by atoms with E-state index in [0.29, 0.717) is 6.42 Å². The van der Waals surface area contributed by atoms with Gasteiger partial charge >= 0.3 is 0 Å². The summed E-state index contributed by atoms with van der Waals surface area (Å²) in [6.45, 7) is 13.7. The van der Waals surface area contributed by atoms with Crippen LogP contribution >= 0.6 is 0 Å². The molecule has 1 amide bonds. The molecule has 1 saturated heterocycles. The van der Waals surface area contributed by atoms with Crippen molar-refractivity contribution in [2.24, 2.45) is 0 Å². The molecule has 1 N–H and O–H groups in total. The van der Waals surface area contributed by atoms with E-state index >= 15 is 0 Å². The molecule has 4 rings (SSSR count). The van der Waals surface area contributed by atoms with Gasteiger partial charge in [0.15, 0.2) is 0 Å². The van der Waals surface area contributed by atoms with Gasteiger partial charge in [0.05, 0.1) is 0 Å². The van der Waals surface area contributed by atoms with Gasteiger partial charge in [0.1, 0.15) is 5.66 Å². The molecule has 158 valence electrons. The Morgan fingerprint density at radius 1 is 1.10 bits per heavy atom. The zero-order valence-corrected chi connectivity index (χ0v) is 18.8. The van der Waals surface area contributed by atoms with Crippen molar-refractivity contribution < 1.29 is 4.79 Å². The number of rotatable bonds is 5. The lowest BCUT2D eigenvalue weighted by atomic mass is 9.74. The van der Waals surface area contributed by atoms with E-state index in [0.717, 1.165) is 25.2 Å². The molecule has 0 spiro atoms. The van der Waals surface area contributed by atoms with Crippen molar-refractivity contribution >= 4 is 23.4 Å². The highest BCUT2D eigenvalue weighted by Crippen LogP contribution is 2.52. The molecule has 2 aliphatic rings. The summed E-state index contributed by atoms with van der Waals surface area (Å²) >= 11 is 0. The molecule has 0 aromatic heterocycles. The van der Waals surface area contributed by atoms with Crippen molar-refractivity contribution in [3.8, 4) is 0 Å². The molecule has 4 heteroatoms. The normalized spacial score (nSPS) is 22.0. The zero-order chi connectivity index (χ0) is 21.5. The maximum Gasteiger partial charge on any atom is 0.223 e. The van der Waals surface area contributed by atoms with Crippen LogP contribution in [-0.2, 0) is 10.2 Å². The molecule has 2 aliphatic heterocycles. The van der Waals surface area contributed by atoms with E-state index in [4.69, 9.17) is 0 Å². The average Bonchev–Trinajstić information content (AvgIpc) is 2.92. The van der Waals surface area contributed by atoms with Crippen molar-refractivity contribution in [3.63, 3.8) is 0 Å². The highest BCUT2D eigenvalue weighted by molar-refractivity contribution is 5.84. The molecule has 1 unspecified atom stereocenters. The van der Waals surface area contributed by atoms with Crippen LogP contribution in [0.5, 0.6) is 0 Å². The Morgan fingerprint density at radius 3 is 2.47 bits per heavy atom. The molecular formula is C26H33N3O. The number of carbonyl (C=O) groups is 1. The number of hydrogen-bond donors (Lipinski definition) is 1. The molecule has 2 aromatic rings. The van der Waals surface area contributed by atoms with Crippen molar-refractivity contribution in [1.82, 2.24) is 5.32 Å². The lowest BCUT2D eigenvalue weighted by Gasteiger charge is -2.49. The fraction of sp³-hybridized carbons (Fsp3) is 0.423. The van der Waals surface area contributed by atoms with Crippen LogP contribution in [0.4, 0.5) is 11.4 Å². The topological polar surface area (TPSA) is 35.6 Å². The summed E-state index contributed by atoms with van der Waals surface area (Å²) in [4.78, 5) is 17.3. The second-order valence-corrected chi connectivity index (χ2v) is 8.96. The number of nitrogens with zero attached hydrogens (tertiary/aromatic N) is 2. The maximum absolute atomic E-state index is 12.5. The molecule has 0 aliphatic carbocycles. The SMILES string of the molecule is CCN(CC)c1ccc(/C=C/C23NC(=O)CCN2c2ccc(C)cc2C3(C)C)cc1. The molecule has 2 heterocycles. The zero-order valence-electron chi connectivity index (χ0n) is 18.8. The lowest BCUT2D eigenvalue weighted by Crippen LogP contribution is -2.68. The summed E-state index contributed by atoms with van der Waals surface area (Å²) in [7, 11) is 0. The predicted octanol–water partition coefficient (Wildman–Crippen LogP) is 4.87. The Balaban J connectivity index is 1.73. The molecule has 0 radical (unpaired) electrons. The Kier molecular flexibility index (Phi) is 5.13. The third kappa shape index (κ3) is 3.10. The van der Waals surface area contributed by atoms with E-state index < -0.39 is 5.66 Å². The van der Waals surface area contributed by atoms with Crippen LogP contribution in [0.1, 0.15) is 50.8 Å². The number of benzene rings is 2. The Morgan fingerprint density at radius 2 is 1.80 bits per heavy atom. The predicted molar refractivity (Wildman–Crippen MR) is 126 cm³/mol. The smallest absolute Gasteiger partial charge is 0.223 e. The van der Waals surface area contributed by atoms with Crippen molar-refractivity contribution in [3.05, 3.63) is 65.2 Å². The fourth-order valence-corrected chi connectivity index (χ4v) is 5.07. The first-order valence-corrected chi connectivity index (χ1v) is 11.1. The second kappa shape index (κ2) is 7.50. The summed E-state index contributed by atoms with van der Waals surface area (Å²) < 4.78 is 0. The first-order chi connectivity index (χ1) is 14.3. The van der Waals surface area contributed by atoms with Gasteiger partial charge in [0, 0.05) is 42.8 Å². The third-order valence-electron chi connectivity index (χ3n) is 6.93. The summed E-state index contributed by atoms with van der Waals surface area (Å²) in [5.74, 6) is 0.116. The van der Waals surface area contributed by atoms with E-state index in [9.17, 15) is 4.79 Å². The van der Waals surface area contributed by atoms with Crippen LogP contribution in [0, 0.1) is 6.92 Å². The van der Waals surface area contributed by atoms with Crippen molar-refractivity contribution in [2.75, 3.05) is 29.4 Å². The van der Waals surface area contributed by atoms with Gasteiger partial charge in [-0.25, -0.2) is 0 Å². The molecule has 1 fully saturated rings. The standard InChI is InChI=1S/C26H33N3O/c1-6-28(7-2)21-11-9-20(10-12-21)14-16-26-25(4,5)22-18-19(3)8-13-23(22)29(26)17-15-24(30)27-26/h8-14,16,18H,6-7,15,17H2,1-5H3,(H,27,30)/b16-14+. The molecular weight excluding hydrogens is 370 g/mol. The third-order valence-corrected chi connectivity index (χ3v) is 6.93. The van der Waals surface area contributed by atoms with E-state index in [2.05, 4.69) is 104 Å². The van der Waals surface area contributed by atoms with Gasteiger partial charge in [-0.05, 0) is 56.2 Å². The minimum atomic E-state index is -0.560. The van der Waals surface area contributed by atoms with E-state index in [1.54, 1.807) is 0 Å². The molecule has 2 aromatic carbocycles. The number of nitrogens with one attached hydrogen (secondary N) is 1. The first kappa shape index (κ1) is 20.5.